The van der Waals surface area contributed by atoms with Crippen molar-refractivity contribution in [2.45, 2.75) is 24.8 Å². The zero-order valence-corrected chi connectivity index (χ0v) is 14.4. The fourth-order valence-corrected chi connectivity index (χ4v) is 3.32. The molecule has 0 aliphatic heterocycles. The van der Waals surface area contributed by atoms with Gasteiger partial charge in [-0.15, -0.1) is 6.58 Å². The molecule has 2 N–H and O–H groups in total. The Morgan fingerprint density at radius 1 is 1.12 bits per heavy atom. The maximum absolute atomic E-state index is 12.1. The number of carboxylic acid groups (broad SMARTS) is 1. The summed E-state index contributed by atoms with van der Waals surface area (Å²) < 4.78 is 5.36. The zero-order valence-electron chi connectivity index (χ0n) is 14.4. The molecule has 5 heteroatoms. The number of hydrogen-bond donors (Lipinski definition) is 2. The lowest BCUT2D eigenvalue weighted by Gasteiger charge is -2.17. The number of nitrogens with one attached hydrogen (secondary N) is 1. The first-order chi connectivity index (χ1) is 12.6. The molecular weight excluding hydrogens is 330 g/mol. The quantitative estimate of drug-likeness (QED) is 0.741. The Kier molecular flexibility index (Phi) is 5.37. The van der Waals surface area contributed by atoms with Crippen LogP contribution in [-0.4, -0.2) is 29.8 Å². The van der Waals surface area contributed by atoms with Gasteiger partial charge in [0.05, 0.1) is 0 Å². The van der Waals surface area contributed by atoms with Crippen molar-refractivity contribution in [1.29, 1.82) is 0 Å². The Labute approximate surface area is 152 Å². The highest BCUT2D eigenvalue weighted by Crippen LogP contribution is 2.44. The lowest BCUT2D eigenvalue weighted by Crippen LogP contribution is -2.41. The normalized spacial score (nSPS) is 13.4. The number of carbonyl (C=O) groups excluding carboxylic acids is 1. The molecule has 3 rings (SSSR count). The topological polar surface area (TPSA) is 75.6 Å². The van der Waals surface area contributed by atoms with E-state index >= 15 is 0 Å². The summed E-state index contributed by atoms with van der Waals surface area (Å²) >= 11 is 0. The first kappa shape index (κ1) is 17.7. The molecule has 0 spiro atoms. The fraction of sp³-hybridized carbons (Fsp3) is 0.238. The monoisotopic (exact) mass is 351 g/mol. The molecule has 2 aromatic rings. The SMILES string of the molecule is C=CCC[C@@H](NC(=O)OCC1c2ccccc2-c2ccccc21)C(=O)O. The number of fused-ring (bicyclic) bond motifs is 3. The van der Waals surface area contributed by atoms with E-state index in [4.69, 9.17) is 4.74 Å². The minimum atomic E-state index is -1.08. The van der Waals surface area contributed by atoms with Crippen molar-refractivity contribution in [2.24, 2.45) is 0 Å². The molecule has 2 aromatic carbocycles. The van der Waals surface area contributed by atoms with Gasteiger partial charge in [0.2, 0.25) is 0 Å². The van der Waals surface area contributed by atoms with Crippen LogP contribution in [0.4, 0.5) is 4.79 Å². The van der Waals surface area contributed by atoms with Crippen molar-refractivity contribution in [2.75, 3.05) is 6.61 Å². The van der Waals surface area contributed by atoms with Gasteiger partial charge >= 0.3 is 12.1 Å². The first-order valence-corrected chi connectivity index (χ1v) is 8.57. The van der Waals surface area contributed by atoms with E-state index in [0.717, 1.165) is 22.3 Å². The second kappa shape index (κ2) is 7.87. The van der Waals surface area contributed by atoms with E-state index in [1.165, 1.54) is 0 Å². The van der Waals surface area contributed by atoms with Gasteiger partial charge in [-0.3, -0.25) is 0 Å². The molecule has 134 valence electrons. The van der Waals surface area contributed by atoms with Crippen LogP contribution >= 0.6 is 0 Å². The van der Waals surface area contributed by atoms with Crippen molar-refractivity contribution >= 4 is 12.1 Å². The van der Waals surface area contributed by atoms with Gasteiger partial charge < -0.3 is 15.2 Å². The molecule has 0 fully saturated rings. The Hall–Kier alpha value is -3.08. The second-order valence-corrected chi connectivity index (χ2v) is 6.23. The van der Waals surface area contributed by atoms with Crippen LogP contribution in [0.1, 0.15) is 29.9 Å². The van der Waals surface area contributed by atoms with E-state index in [2.05, 4.69) is 24.0 Å². The van der Waals surface area contributed by atoms with E-state index in [9.17, 15) is 14.7 Å². The third-order valence-electron chi connectivity index (χ3n) is 4.59. The van der Waals surface area contributed by atoms with Gasteiger partial charge in [-0.25, -0.2) is 9.59 Å². The van der Waals surface area contributed by atoms with Crippen molar-refractivity contribution in [1.82, 2.24) is 5.32 Å². The number of amides is 1. The van der Waals surface area contributed by atoms with Gasteiger partial charge in [0, 0.05) is 5.92 Å². The lowest BCUT2D eigenvalue weighted by atomic mass is 9.98. The van der Waals surface area contributed by atoms with Crippen molar-refractivity contribution < 1.29 is 19.4 Å². The molecule has 0 aromatic heterocycles. The standard InChI is InChI=1S/C21H21NO4/c1-2-3-12-19(20(23)24)22-21(25)26-13-18-16-10-6-4-8-14(16)15-9-5-7-11-17(15)18/h2,4-11,18-19H,1,3,12-13H2,(H,22,25)(H,23,24)/t19-/m1/s1. The molecular formula is C21H21NO4. The molecule has 1 aliphatic carbocycles. The minimum absolute atomic E-state index is 0.0513. The molecule has 5 nitrogen and oxygen atoms in total. The van der Waals surface area contributed by atoms with Crippen LogP contribution in [0, 0.1) is 0 Å². The van der Waals surface area contributed by atoms with Crippen molar-refractivity contribution in [3.8, 4) is 11.1 Å². The van der Waals surface area contributed by atoms with Crippen LogP contribution in [0.2, 0.25) is 0 Å². The molecule has 0 heterocycles. The summed E-state index contributed by atoms with van der Waals surface area (Å²) in [6.45, 7) is 3.73. The summed E-state index contributed by atoms with van der Waals surface area (Å²) in [5.74, 6) is -1.13. The minimum Gasteiger partial charge on any atom is -0.480 e. The summed E-state index contributed by atoms with van der Waals surface area (Å²) in [6.07, 6.45) is 1.68. The molecule has 0 unspecified atom stereocenters. The third-order valence-corrected chi connectivity index (χ3v) is 4.59. The number of benzene rings is 2. The van der Waals surface area contributed by atoms with Gasteiger partial charge in [0.25, 0.3) is 0 Å². The van der Waals surface area contributed by atoms with Crippen LogP contribution in [0.3, 0.4) is 0 Å². The van der Waals surface area contributed by atoms with Gasteiger partial charge in [-0.05, 0) is 35.1 Å². The average molecular weight is 351 g/mol. The van der Waals surface area contributed by atoms with Gasteiger partial charge in [0.15, 0.2) is 0 Å². The maximum atomic E-state index is 12.1. The fourth-order valence-electron chi connectivity index (χ4n) is 3.32. The summed E-state index contributed by atoms with van der Waals surface area (Å²) in [5, 5.41) is 11.6. The van der Waals surface area contributed by atoms with E-state index in [0.29, 0.717) is 6.42 Å². The number of carboxylic acids is 1. The average Bonchev–Trinajstić information content (AvgIpc) is 2.97. The first-order valence-electron chi connectivity index (χ1n) is 8.57. The summed E-state index contributed by atoms with van der Waals surface area (Å²) in [5.41, 5.74) is 4.52. The molecule has 0 saturated heterocycles. The highest BCUT2D eigenvalue weighted by molar-refractivity contribution is 5.81. The van der Waals surface area contributed by atoms with Crippen LogP contribution in [0.25, 0.3) is 11.1 Å². The highest BCUT2D eigenvalue weighted by atomic mass is 16.5. The largest absolute Gasteiger partial charge is 0.480 e. The van der Waals surface area contributed by atoms with Gasteiger partial charge in [0.1, 0.15) is 12.6 Å². The molecule has 0 radical (unpaired) electrons. The summed E-state index contributed by atoms with van der Waals surface area (Å²) in [4.78, 5) is 23.3. The molecule has 1 amide bonds. The number of rotatable bonds is 7. The Morgan fingerprint density at radius 3 is 2.23 bits per heavy atom. The highest BCUT2D eigenvalue weighted by Gasteiger charge is 2.29. The second-order valence-electron chi connectivity index (χ2n) is 6.23. The van der Waals surface area contributed by atoms with Gasteiger partial charge in [-0.1, -0.05) is 54.6 Å². The number of alkyl carbamates (subject to hydrolysis) is 1. The summed E-state index contributed by atoms with van der Waals surface area (Å²) in [6, 6.07) is 15.1. The van der Waals surface area contributed by atoms with Crippen LogP contribution in [0.15, 0.2) is 61.2 Å². The van der Waals surface area contributed by atoms with E-state index < -0.39 is 18.1 Å². The molecule has 0 bridgehead atoms. The molecule has 1 aliphatic rings. The Balaban J connectivity index is 1.69. The molecule has 26 heavy (non-hydrogen) atoms. The molecule has 0 saturated carbocycles. The number of aliphatic carboxylic acids is 1. The number of ether oxygens (including phenoxy) is 1. The maximum Gasteiger partial charge on any atom is 0.407 e. The van der Waals surface area contributed by atoms with E-state index in [1.54, 1.807) is 6.08 Å². The number of allylic oxidation sites excluding steroid dienone is 1. The van der Waals surface area contributed by atoms with Crippen LogP contribution in [0.5, 0.6) is 0 Å². The number of hydrogen-bond acceptors (Lipinski definition) is 3. The zero-order chi connectivity index (χ0) is 18.5. The van der Waals surface area contributed by atoms with Crippen molar-refractivity contribution in [3.63, 3.8) is 0 Å². The van der Waals surface area contributed by atoms with Crippen LogP contribution in [-0.2, 0) is 9.53 Å². The predicted octanol–water partition coefficient (Wildman–Crippen LogP) is 3.94. The third kappa shape index (κ3) is 3.61. The number of carbonyl (C=O) groups is 2. The smallest absolute Gasteiger partial charge is 0.407 e. The van der Waals surface area contributed by atoms with E-state index in [1.807, 2.05) is 36.4 Å². The van der Waals surface area contributed by atoms with Crippen molar-refractivity contribution in [3.05, 3.63) is 72.3 Å². The van der Waals surface area contributed by atoms with Crippen LogP contribution < -0.4 is 5.32 Å². The van der Waals surface area contributed by atoms with E-state index in [-0.39, 0.29) is 18.9 Å². The predicted molar refractivity (Wildman–Crippen MR) is 99.1 cm³/mol. The van der Waals surface area contributed by atoms with Gasteiger partial charge in [-0.2, -0.15) is 0 Å². The lowest BCUT2D eigenvalue weighted by molar-refractivity contribution is -0.139. The molecule has 1 atom stereocenters. The Morgan fingerprint density at radius 2 is 1.69 bits per heavy atom. The summed E-state index contributed by atoms with van der Waals surface area (Å²) in [7, 11) is 0. The Bertz CT molecular complexity index is 785.